The Morgan fingerprint density at radius 2 is 2.00 bits per heavy atom. The highest BCUT2D eigenvalue weighted by molar-refractivity contribution is 7.49. The summed E-state index contributed by atoms with van der Waals surface area (Å²) in [4.78, 5) is 10.1. The van der Waals surface area contributed by atoms with E-state index in [-0.39, 0.29) is 18.0 Å². The number of hydrogen-bond acceptors (Lipinski definition) is 6. The quantitative estimate of drug-likeness (QED) is 0.455. The van der Waals surface area contributed by atoms with Gasteiger partial charge in [0.15, 0.2) is 0 Å². The standard InChI is InChI=1S/C14H11ClNO6P/c15-11-3-1-2-10(8-11)14-9-20-23(19,22-14)21-13-6-4-12(5-7-13)16(17)18/h1-8,14H,9H2. The number of phosphoric ester groups is 1. The lowest BCUT2D eigenvalue weighted by atomic mass is 10.1. The second-order valence-corrected chi connectivity index (χ2v) is 6.72. The molecular formula is C14H11ClNO6P. The fourth-order valence-electron chi connectivity index (χ4n) is 2.05. The smallest absolute Gasteiger partial charge is 0.404 e. The van der Waals surface area contributed by atoms with E-state index in [1.165, 1.54) is 24.3 Å². The third kappa shape index (κ3) is 3.71. The number of rotatable bonds is 4. The Hall–Kier alpha value is -1.92. The highest BCUT2D eigenvalue weighted by Gasteiger charge is 2.41. The molecule has 1 heterocycles. The zero-order chi connectivity index (χ0) is 16.4. The normalized spacial score (nSPS) is 23.6. The first-order valence-electron chi connectivity index (χ1n) is 6.58. The van der Waals surface area contributed by atoms with Crippen LogP contribution in [0.2, 0.25) is 5.02 Å². The Kier molecular flexibility index (Phi) is 4.37. The molecule has 120 valence electrons. The highest BCUT2D eigenvalue weighted by Crippen LogP contribution is 2.58. The molecule has 0 aromatic heterocycles. The summed E-state index contributed by atoms with van der Waals surface area (Å²) < 4.78 is 28.2. The predicted octanol–water partition coefficient (Wildman–Crippen LogP) is 4.52. The molecule has 0 N–H and O–H groups in total. The summed E-state index contributed by atoms with van der Waals surface area (Å²) in [7, 11) is -3.78. The Labute approximate surface area is 136 Å². The van der Waals surface area contributed by atoms with Crippen molar-refractivity contribution >= 4 is 25.1 Å². The van der Waals surface area contributed by atoms with E-state index in [9.17, 15) is 14.7 Å². The lowest BCUT2D eigenvalue weighted by Gasteiger charge is -2.12. The molecule has 2 aromatic carbocycles. The summed E-state index contributed by atoms with van der Waals surface area (Å²) in [6, 6.07) is 12.1. The third-order valence-corrected chi connectivity index (χ3v) is 4.77. The van der Waals surface area contributed by atoms with E-state index in [0.29, 0.717) is 5.02 Å². The molecule has 1 saturated heterocycles. The lowest BCUT2D eigenvalue weighted by molar-refractivity contribution is -0.384. The summed E-state index contributed by atoms with van der Waals surface area (Å²) in [5, 5.41) is 11.1. The van der Waals surface area contributed by atoms with Crippen molar-refractivity contribution in [2.75, 3.05) is 6.61 Å². The number of benzene rings is 2. The molecule has 1 aliphatic rings. The van der Waals surface area contributed by atoms with Crippen LogP contribution in [0.1, 0.15) is 11.7 Å². The Bertz CT molecular complexity index is 781. The summed E-state index contributed by atoms with van der Waals surface area (Å²) in [5.74, 6) is 0.158. The molecule has 2 aromatic rings. The topological polar surface area (TPSA) is 87.9 Å². The minimum absolute atomic E-state index is 0.0601. The van der Waals surface area contributed by atoms with Crippen LogP contribution in [0.3, 0.4) is 0 Å². The number of nitrogens with zero attached hydrogens (tertiary/aromatic N) is 1. The fourth-order valence-corrected chi connectivity index (χ4v) is 3.59. The number of halogens is 1. The number of nitro groups is 1. The first-order valence-corrected chi connectivity index (χ1v) is 8.41. The lowest BCUT2D eigenvalue weighted by Crippen LogP contribution is -1.99. The van der Waals surface area contributed by atoms with Crippen LogP contribution in [0.5, 0.6) is 5.75 Å². The number of nitro benzene ring substituents is 1. The second-order valence-electron chi connectivity index (χ2n) is 4.73. The van der Waals surface area contributed by atoms with Crippen LogP contribution < -0.4 is 4.52 Å². The SMILES string of the molecule is O=[N+]([O-])c1ccc(OP2(=O)OCC(c3cccc(Cl)c3)O2)cc1. The molecule has 7 nitrogen and oxygen atoms in total. The van der Waals surface area contributed by atoms with E-state index in [0.717, 1.165) is 5.56 Å². The van der Waals surface area contributed by atoms with Crippen molar-refractivity contribution in [3.63, 3.8) is 0 Å². The maximum Gasteiger partial charge on any atom is 0.530 e. The van der Waals surface area contributed by atoms with Crippen molar-refractivity contribution in [1.82, 2.24) is 0 Å². The minimum atomic E-state index is -3.78. The van der Waals surface area contributed by atoms with Crippen molar-refractivity contribution in [2.45, 2.75) is 6.10 Å². The van der Waals surface area contributed by atoms with Crippen LogP contribution in [0, 0.1) is 10.1 Å². The van der Waals surface area contributed by atoms with Gasteiger partial charge >= 0.3 is 7.82 Å². The first kappa shape index (κ1) is 16.0. The maximum atomic E-state index is 12.4. The molecule has 0 saturated carbocycles. The zero-order valence-corrected chi connectivity index (χ0v) is 13.3. The monoisotopic (exact) mass is 355 g/mol. The van der Waals surface area contributed by atoms with Crippen LogP contribution in [-0.2, 0) is 13.6 Å². The number of phosphoric acid groups is 1. The van der Waals surface area contributed by atoms with E-state index in [1.807, 2.05) is 0 Å². The maximum absolute atomic E-state index is 12.4. The van der Waals surface area contributed by atoms with Crippen LogP contribution in [0.15, 0.2) is 48.5 Å². The number of non-ortho nitro benzene ring substituents is 1. The molecule has 0 amide bonds. The molecule has 2 unspecified atom stereocenters. The van der Waals surface area contributed by atoms with Crippen LogP contribution in [0.25, 0.3) is 0 Å². The van der Waals surface area contributed by atoms with Crippen molar-refractivity contribution in [3.05, 3.63) is 69.2 Å². The van der Waals surface area contributed by atoms with Gasteiger partial charge in [0.25, 0.3) is 5.69 Å². The largest absolute Gasteiger partial charge is 0.530 e. The molecule has 0 bridgehead atoms. The highest BCUT2D eigenvalue weighted by atomic mass is 35.5. The van der Waals surface area contributed by atoms with Gasteiger partial charge in [-0.1, -0.05) is 23.7 Å². The van der Waals surface area contributed by atoms with Gasteiger partial charge in [-0.3, -0.25) is 19.2 Å². The molecular weight excluding hydrogens is 345 g/mol. The van der Waals surface area contributed by atoms with E-state index in [4.69, 9.17) is 25.2 Å². The molecule has 0 spiro atoms. The van der Waals surface area contributed by atoms with Gasteiger partial charge in [0, 0.05) is 17.2 Å². The summed E-state index contributed by atoms with van der Waals surface area (Å²) in [6.45, 7) is 0.0601. The molecule has 23 heavy (non-hydrogen) atoms. The molecule has 1 aliphatic heterocycles. The van der Waals surface area contributed by atoms with Gasteiger partial charge in [0.1, 0.15) is 11.9 Å². The van der Waals surface area contributed by atoms with Gasteiger partial charge in [0.05, 0.1) is 11.5 Å². The van der Waals surface area contributed by atoms with Gasteiger partial charge in [-0.2, -0.15) is 0 Å². The summed E-state index contributed by atoms with van der Waals surface area (Å²) in [6.07, 6.45) is -0.558. The van der Waals surface area contributed by atoms with Gasteiger partial charge in [-0.15, -0.1) is 0 Å². The van der Waals surface area contributed by atoms with E-state index in [1.54, 1.807) is 24.3 Å². The van der Waals surface area contributed by atoms with Gasteiger partial charge in [-0.25, -0.2) is 4.57 Å². The molecule has 3 rings (SSSR count). The fraction of sp³-hybridized carbons (Fsp3) is 0.143. The van der Waals surface area contributed by atoms with E-state index >= 15 is 0 Å². The van der Waals surface area contributed by atoms with Gasteiger partial charge < -0.3 is 4.52 Å². The van der Waals surface area contributed by atoms with Crippen molar-refractivity contribution in [2.24, 2.45) is 0 Å². The van der Waals surface area contributed by atoms with Crippen molar-refractivity contribution in [1.29, 1.82) is 0 Å². The third-order valence-electron chi connectivity index (χ3n) is 3.13. The van der Waals surface area contributed by atoms with E-state index < -0.39 is 18.8 Å². The molecule has 2 atom stereocenters. The van der Waals surface area contributed by atoms with Crippen LogP contribution >= 0.6 is 19.4 Å². The zero-order valence-electron chi connectivity index (χ0n) is 11.6. The van der Waals surface area contributed by atoms with Crippen LogP contribution in [0.4, 0.5) is 5.69 Å². The predicted molar refractivity (Wildman–Crippen MR) is 82.6 cm³/mol. The van der Waals surface area contributed by atoms with Crippen LogP contribution in [-0.4, -0.2) is 11.5 Å². The van der Waals surface area contributed by atoms with Gasteiger partial charge in [-0.05, 0) is 29.8 Å². The Balaban J connectivity index is 1.71. The summed E-state index contributed by atoms with van der Waals surface area (Å²) >= 11 is 5.91. The minimum Gasteiger partial charge on any atom is -0.404 e. The number of hydrogen-bond donors (Lipinski definition) is 0. The van der Waals surface area contributed by atoms with E-state index in [2.05, 4.69) is 0 Å². The molecule has 0 radical (unpaired) electrons. The molecule has 0 aliphatic carbocycles. The Morgan fingerprint density at radius 3 is 2.65 bits per heavy atom. The van der Waals surface area contributed by atoms with Crippen molar-refractivity contribution in [3.8, 4) is 5.75 Å². The molecule has 1 fully saturated rings. The summed E-state index contributed by atoms with van der Waals surface area (Å²) in [5.41, 5.74) is 0.628. The first-order chi connectivity index (χ1) is 11.0. The molecule has 9 heteroatoms. The Morgan fingerprint density at radius 1 is 1.26 bits per heavy atom. The van der Waals surface area contributed by atoms with Crippen molar-refractivity contribution < 1.29 is 23.1 Å². The average molecular weight is 356 g/mol. The second kappa shape index (κ2) is 6.29. The van der Waals surface area contributed by atoms with Gasteiger partial charge in [0.2, 0.25) is 0 Å². The average Bonchev–Trinajstić information content (AvgIpc) is 2.90.